The predicted octanol–water partition coefficient (Wildman–Crippen LogP) is 2.60. The van der Waals surface area contributed by atoms with E-state index in [-0.39, 0.29) is 11.9 Å². The Balaban J connectivity index is 2.30. The fourth-order valence-corrected chi connectivity index (χ4v) is 2.53. The molecule has 100 valence electrons. The van der Waals surface area contributed by atoms with Crippen LogP contribution >= 0.6 is 0 Å². The minimum Gasteiger partial charge on any atom is -0.352 e. The van der Waals surface area contributed by atoms with Crippen LogP contribution in [0.5, 0.6) is 0 Å². The van der Waals surface area contributed by atoms with Gasteiger partial charge in [0, 0.05) is 12.1 Å². The Morgan fingerprint density at radius 3 is 2.29 bits per heavy atom. The third-order valence-electron chi connectivity index (χ3n) is 3.82. The van der Waals surface area contributed by atoms with Gasteiger partial charge in [-0.2, -0.15) is 0 Å². The van der Waals surface area contributed by atoms with Gasteiger partial charge in [0.15, 0.2) is 0 Å². The zero-order chi connectivity index (χ0) is 12.7. The first-order valence-electron chi connectivity index (χ1n) is 7.23. The molecule has 0 aromatic heterocycles. The Bertz CT molecular complexity index is 220. The monoisotopic (exact) mass is 240 g/mol. The van der Waals surface area contributed by atoms with Gasteiger partial charge in [0.2, 0.25) is 5.91 Å². The lowest BCUT2D eigenvalue weighted by Crippen LogP contribution is -2.49. The van der Waals surface area contributed by atoms with Crippen molar-refractivity contribution in [2.45, 2.75) is 83.8 Å². The lowest BCUT2D eigenvalue weighted by atomic mass is 9.95. The smallest absolute Gasteiger partial charge is 0.237 e. The van der Waals surface area contributed by atoms with Crippen molar-refractivity contribution in [1.82, 2.24) is 10.6 Å². The van der Waals surface area contributed by atoms with Gasteiger partial charge in [-0.1, -0.05) is 33.1 Å². The van der Waals surface area contributed by atoms with Crippen molar-refractivity contribution in [3.05, 3.63) is 0 Å². The first kappa shape index (κ1) is 14.5. The molecule has 0 spiro atoms. The molecule has 0 saturated heterocycles. The van der Waals surface area contributed by atoms with Crippen molar-refractivity contribution in [3.63, 3.8) is 0 Å². The van der Waals surface area contributed by atoms with Gasteiger partial charge in [-0.25, -0.2) is 0 Å². The minimum atomic E-state index is -0.0678. The van der Waals surface area contributed by atoms with E-state index in [1.54, 1.807) is 0 Å². The molecule has 1 amide bonds. The van der Waals surface area contributed by atoms with Crippen LogP contribution in [-0.2, 0) is 4.79 Å². The second-order valence-corrected chi connectivity index (χ2v) is 5.25. The average Bonchev–Trinajstić information content (AvgIpc) is 2.36. The molecule has 0 aliphatic heterocycles. The van der Waals surface area contributed by atoms with Crippen LogP contribution in [0.2, 0.25) is 0 Å². The summed E-state index contributed by atoms with van der Waals surface area (Å²) in [7, 11) is 0. The molecule has 0 aromatic rings. The van der Waals surface area contributed by atoms with E-state index in [2.05, 4.69) is 24.5 Å². The number of nitrogens with one attached hydrogen (secondary N) is 2. The Labute approximate surface area is 106 Å². The van der Waals surface area contributed by atoms with E-state index in [1.165, 1.54) is 19.3 Å². The fraction of sp³-hybridized carbons (Fsp3) is 0.929. The van der Waals surface area contributed by atoms with Gasteiger partial charge < -0.3 is 10.6 Å². The largest absolute Gasteiger partial charge is 0.352 e. The van der Waals surface area contributed by atoms with E-state index in [0.717, 1.165) is 25.7 Å². The summed E-state index contributed by atoms with van der Waals surface area (Å²) in [5, 5.41) is 6.56. The molecular weight excluding hydrogens is 212 g/mol. The third-order valence-corrected chi connectivity index (χ3v) is 3.82. The summed E-state index contributed by atoms with van der Waals surface area (Å²) in [6.07, 6.45) is 8.33. The van der Waals surface area contributed by atoms with Crippen LogP contribution in [0.3, 0.4) is 0 Å². The van der Waals surface area contributed by atoms with Gasteiger partial charge in [-0.3, -0.25) is 4.79 Å². The van der Waals surface area contributed by atoms with E-state index in [9.17, 15) is 4.79 Å². The second kappa shape index (κ2) is 7.70. The van der Waals surface area contributed by atoms with E-state index in [1.807, 2.05) is 6.92 Å². The molecule has 0 heterocycles. The van der Waals surface area contributed by atoms with Crippen LogP contribution in [0.25, 0.3) is 0 Å². The molecule has 1 atom stereocenters. The van der Waals surface area contributed by atoms with Crippen molar-refractivity contribution >= 4 is 5.91 Å². The van der Waals surface area contributed by atoms with E-state index in [4.69, 9.17) is 0 Å². The molecule has 1 unspecified atom stereocenters. The van der Waals surface area contributed by atoms with Crippen LogP contribution in [0.1, 0.15) is 65.7 Å². The second-order valence-electron chi connectivity index (χ2n) is 5.25. The topological polar surface area (TPSA) is 41.1 Å². The molecule has 1 fully saturated rings. The van der Waals surface area contributed by atoms with Crippen LogP contribution in [0, 0.1) is 0 Å². The Kier molecular flexibility index (Phi) is 6.56. The van der Waals surface area contributed by atoms with Gasteiger partial charge in [0.25, 0.3) is 0 Å². The molecule has 1 saturated carbocycles. The quantitative estimate of drug-likeness (QED) is 0.749. The maximum absolute atomic E-state index is 12.0. The maximum atomic E-state index is 12.0. The van der Waals surface area contributed by atoms with Gasteiger partial charge in [0.1, 0.15) is 0 Å². The minimum absolute atomic E-state index is 0.0678. The van der Waals surface area contributed by atoms with Gasteiger partial charge in [0.05, 0.1) is 6.04 Å². The van der Waals surface area contributed by atoms with Gasteiger partial charge in [-0.05, 0) is 32.6 Å². The highest BCUT2D eigenvalue weighted by atomic mass is 16.2. The number of rotatable bonds is 6. The summed E-state index contributed by atoms with van der Waals surface area (Å²) in [4.78, 5) is 12.0. The Hall–Kier alpha value is -0.570. The summed E-state index contributed by atoms with van der Waals surface area (Å²) in [6.45, 7) is 6.29. The first-order chi connectivity index (χ1) is 8.17. The molecule has 1 aliphatic carbocycles. The zero-order valence-electron chi connectivity index (χ0n) is 11.6. The highest BCUT2D eigenvalue weighted by Crippen LogP contribution is 2.17. The number of hydrogen-bond acceptors (Lipinski definition) is 2. The molecule has 3 heteroatoms. The van der Waals surface area contributed by atoms with Crippen molar-refractivity contribution in [1.29, 1.82) is 0 Å². The van der Waals surface area contributed by atoms with Crippen molar-refractivity contribution in [2.24, 2.45) is 0 Å². The molecule has 0 radical (unpaired) electrons. The van der Waals surface area contributed by atoms with Gasteiger partial charge in [-0.15, -0.1) is 0 Å². The summed E-state index contributed by atoms with van der Waals surface area (Å²) in [5.41, 5.74) is 0. The predicted molar refractivity (Wildman–Crippen MR) is 72.0 cm³/mol. The highest BCUT2D eigenvalue weighted by Gasteiger charge is 2.20. The molecule has 1 rings (SSSR count). The van der Waals surface area contributed by atoms with E-state index >= 15 is 0 Å². The molecule has 17 heavy (non-hydrogen) atoms. The van der Waals surface area contributed by atoms with Crippen molar-refractivity contribution < 1.29 is 4.79 Å². The molecular formula is C14H28N2O. The average molecular weight is 240 g/mol. The molecule has 3 nitrogen and oxygen atoms in total. The summed E-state index contributed by atoms with van der Waals surface area (Å²) in [5.74, 6) is 0.170. The summed E-state index contributed by atoms with van der Waals surface area (Å²) < 4.78 is 0. The number of carbonyl (C=O) groups is 1. The normalized spacial score (nSPS) is 19.3. The number of hydrogen-bond donors (Lipinski definition) is 2. The Morgan fingerprint density at radius 1 is 1.18 bits per heavy atom. The SMILES string of the molecule is CCC(CC)NC(C)C(=O)NC1CCCCC1. The van der Waals surface area contributed by atoms with Crippen molar-refractivity contribution in [2.75, 3.05) is 0 Å². The number of amides is 1. The van der Waals surface area contributed by atoms with Crippen LogP contribution in [-0.4, -0.2) is 24.0 Å². The maximum Gasteiger partial charge on any atom is 0.237 e. The van der Waals surface area contributed by atoms with Crippen molar-refractivity contribution in [3.8, 4) is 0 Å². The zero-order valence-corrected chi connectivity index (χ0v) is 11.6. The number of carbonyl (C=O) groups excluding carboxylic acids is 1. The summed E-state index contributed by atoms with van der Waals surface area (Å²) in [6, 6.07) is 0.811. The third kappa shape index (κ3) is 5.07. The van der Waals surface area contributed by atoms with Gasteiger partial charge >= 0.3 is 0 Å². The van der Waals surface area contributed by atoms with E-state index < -0.39 is 0 Å². The lowest BCUT2D eigenvalue weighted by Gasteiger charge is -2.26. The van der Waals surface area contributed by atoms with Crippen LogP contribution in [0.4, 0.5) is 0 Å². The lowest BCUT2D eigenvalue weighted by molar-refractivity contribution is -0.123. The summed E-state index contributed by atoms with van der Waals surface area (Å²) >= 11 is 0. The standard InChI is InChI=1S/C14H28N2O/c1-4-12(5-2)15-11(3)14(17)16-13-9-7-6-8-10-13/h11-13,15H,4-10H2,1-3H3,(H,16,17). The molecule has 0 bridgehead atoms. The first-order valence-corrected chi connectivity index (χ1v) is 7.23. The Morgan fingerprint density at radius 2 is 1.76 bits per heavy atom. The highest BCUT2D eigenvalue weighted by molar-refractivity contribution is 5.81. The molecule has 0 aromatic carbocycles. The molecule has 2 N–H and O–H groups in total. The van der Waals surface area contributed by atoms with Crippen LogP contribution in [0.15, 0.2) is 0 Å². The fourth-order valence-electron chi connectivity index (χ4n) is 2.53. The van der Waals surface area contributed by atoms with E-state index in [0.29, 0.717) is 12.1 Å². The molecule has 1 aliphatic rings. The van der Waals surface area contributed by atoms with Crippen LogP contribution < -0.4 is 10.6 Å².